The maximum atomic E-state index is 12.8. The van der Waals surface area contributed by atoms with E-state index < -0.39 is 6.10 Å². The number of unbranched alkanes of at least 4 members (excludes halogenated alkanes) is 34. The lowest BCUT2D eigenvalue weighted by molar-refractivity contribution is -0.167. The van der Waals surface area contributed by atoms with Gasteiger partial charge in [0.25, 0.3) is 0 Å². The van der Waals surface area contributed by atoms with Crippen molar-refractivity contribution < 1.29 is 28.6 Å². The van der Waals surface area contributed by atoms with Gasteiger partial charge in [0.05, 0.1) is 0 Å². The summed E-state index contributed by atoms with van der Waals surface area (Å²) in [5.74, 6) is 0.878. The fraction of sp³-hybridized carbons (Fsp3) is 0.946. The lowest BCUT2D eigenvalue weighted by Crippen LogP contribution is -2.30. The summed E-state index contributed by atoms with van der Waals surface area (Å²) in [7, 11) is 0. The number of carbonyl (C=O) groups is 3. The van der Waals surface area contributed by atoms with Crippen LogP contribution in [0.3, 0.4) is 0 Å². The first-order valence-electron chi connectivity index (χ1n) is 27.8. The van der Waals surface area contributed by atoms with Crippen molar-refractivity contribution in [3.05, 3.63) is 0 Å². The topological polar surface area (TPSA) is 78.9 Å². The highest BCUT2D eigenvalue weighted by Gasteiger charge is 2.19. The van der Waals surface area contributed by atoms with Crippen LogP contribution < -0.4 is 0 Å². The Morgan fingerprint density at radius 1 is 0.339 bits per heavy atom. The molecule has 0 aliphatic heterocycles. The van der Waals surface area contributed by atoms with Crippen LogP contribution in [0, 0.1) is 11.8 Å². The van der Waals surface area contributed by atoms with Gasteiger partial charge >= 0.3 is 17.9 Å². The Morgan fingerprint density at radius 3 is 0.919 bits per heavy atom. The first-order chi connectivity index (χ1) is 30.3. The Balaban J connectivity index is 4.28. The lowest BCUT2D eigenvalue weighted by atomic mass is 9.99. The van der Waals surface area contributed by atoms with Gasteiger partial charge in [-0.15, -0.1) is 0 Å². The molecule has 0 spiro atoms. The summed E-state index contributed by atoms with van der Waals surface area (Å²) in [5, 5.41) is 0. The first kappa shape index (κ1) is 60.4. The summed E-state index contributed by atoms with van der Waals surface area (Å²) in [6.45, 7) is 11.4. The van der Waals surface area contributed by atoms with Crippen LogP contribution in [-0.2, 0) is 28.6 Å². The minimum atomic E-state index is -0.762. The van der Waals surface area contributed by atoms with Crippen molar-refractivity contribution in [3.8, 4) is 0 Å². The molecule has 2 atom stereocenters. The molecular weight excluding hydrogens is 769 g/mol. The lowest BCUT2D eigenvalue weighted by Gasteiger charge is -2.18. The molecular formula is C56H108O6. The number of hydrogen-bond acceptors (Lipinski definition) is 6. The van der Waals surface area contributed by atoms with E-state index in [1.165, 1.54) is 199 Å². The Morgan fingerprint density at radius 2 is 0.613 bits per heavy atom. The molecule has 0 aromatic rings. The largest absolute Gasteiger partial charge is 0.462 e. The number of carbonyl (C=O) groups excluding carboxylic acids is 3. The van der Waals surface area contributed by atoms with Crippen LogP contribution in [0.5, 0.6) is 0 Å². The van der Waals surface area contributed by atoms with Gasteiger partial charge in [-0.1, -0.05) is 272 Å². The number of esters is 3. The molecule has 62 heavy (non-hydrogen) atoms. The van der Waals surface area contributed by atoms with E-state index in [-0.39, 0.29) is 31.1 Å². The van der Waals surface area contributed by atoms with Crippen molar-refractivity contribution in [1.82, 2.24) is 0 Å². The summed E-state index contributed by atoms with van der Waals surface area (Å²) in [6, 6.07) is 0. The van der Waals surface area contributed by atoms with E-state index in [0.717, 1.165) is 69.6 Å². The monoisotopic (exact) mass is 877 g/mol. The Bertz CT molecular complexity index is 949. The second kappa shape index (κ2) is 48.9. The molecule has 0 aliphatic rings. The molecule has 0 heterocycles. The van der Waals surface area contributed by atoms with Crippen LogP contribution >= 0.6 is 0 Å². The number of rotatable bonds is 50. The molecule has 0 aromatic carbocycles. The van der Waals surface area contributed by atoms with Gasteiger partial charge in [-0.05, 0) is 31.1 Å². The second-order valence-corrected chi connectivity index (χ2v) is 19.9. The SMILES string of the molecule is CCCCCCCCCCCCCCC(=O)OC[C@H](COC(=O)CCCCCCCCCCCCCCCCC(C)CC)OC(=O)CCCCCCCCCCCCCC(C)C. The zero-order valence-electron chi connectivity index (χ0n) is 42.5. The zero-order valence-corrected chi connectivity index (χ0v) is 42.5. The van der Waals surface area contributed by atoms with Gasteiger partial charge in [0.2, 0.25) is 0 Å². The summed E-state index contributed by atoms with van der Waals surface area (Å²) < 4.78 is 16.9. The summed E-state index contributed by atoms with van der Waals surface area (Å²) >= 11 is 0. The normalized spacial score (nSPS) is 12.5. The summed E-state index contributed by atoms with van der Waals surface area (Å²) in [6.07, 6.45) is 50.8. The highest BCUT2D eigenvalue weighted by Crippen LogP contribution is 2.18. The van der Waals surface area contributed by atoms with E-state index >= 15 is 0 Å². The van der Waals surface area contributed by atoms with Gasteiger partial charge in [-0.25, -0.2) is 0 Å². The first-order valence-corrected chi connectivity index (χ1v) is 27.8. The number of hydrogen-bond donors (Lipinski definition) is 0. The van der Waals surface area contributed by atoms with Crippen LogP contribution in [0.15, 0.2) is 0 Å². The predicted molar refractivity (Wildman–Crippen MR) is 266 cm³/mol. The third-order valence-corrected chi connectivity index (χ3v) is 13.1. The van der Waals surface area contributed by atoms with Crippen molar-refractivity contribution in [2.24, 2.45) is 11.8 Å². The molecule has 0 amide bonds. The third kappa shape index (κ3) is 47.9. The molecule has 6 heteroatoms. The molecule has 6 nitrogen and oxygen atoms in total. The van der Waals surface area contributed by atoms with Gasteiger partial charge < -0.3 is 14.2 Å². The maximum absolute atomic E-state index is 12.8. The molecule has 0 aliphatic carbocycles. The van der Waals surface area contributed by atoms with Crippen molar-refractivity contribution in [2.45, 2.75) is 317 Å². The molecule has 0 N–H and O–H groups in total. The van der Waals surface area contributed by atoms with Crippen molar-refractivity contribution in [3.63, 3.8) is 0 Å². The van der Waals surface area contributed by atoms with Gasteiger partial charge in [0.1, 0.15) is 13.2 Å². The van der Waals surface area contributed by atoms with Gasteiger partial charge in [-0.3, -0.25) is 14.4 Å². The summed E-state index contributed by atoms with van der Waals surface area (Å²) in [5.41, 5.74) is 0. The average molecular weight is 877 g/mol. The second-order valence-electron chi connectivity index (χ2n) is 19.9. The molecule has 0 saturated heterocycles. The summed E-state index contributed by atoms with van der Waals surface area (Å²) in [4.78, 5) is 38.0. The quantitative estimate of drug-likeness (QED) is 0.0344. The molecule has 0 saturated carbocycles. The van der Waals surface area contributed by atoms with Crippen LogP contribution in [0.4, 0.5) is 0 Å². The molecule has 1 unspecified atom stereocenters. The molecule has 0 rings (SSSR count). The zero-order chi connectivity index (χ0) is 45.4. The van der Waals surface area contributed by atoms with Crippen LogP contribution in [0.2, 0.25) is 0 Å². The van der Waals surface area contributed by atoms with E-state index in [0.29, 0.717) is 19.3 Å². The van der Waals surface area contributed by atoms with Gasteiger partial charge in [0, 0.05) is 19.3 Å². The van der Waals surface area contributed by atoms with E-state index in [2.05, 4.69) is 34.6 Å². The van der Waals surface area contributed by atoms with E-state index in [1.807, 2.05) is 0 Å². The molecule has 368 valence electrons. The Kier molecular flexibility index (Phi) is 47.6. The fourth-order valence-electron chi connectivity index (χ4n) is 8.49. The van der Waals surface area contributed by atoms with E-state index in [1.54, 1.807) is 0 Å². The van der Waals surface area contributed by atoms with Crippen molar-refractivity contribution in [2.75, 3.05) is 13.2 Å². The minimum absolute atomic E-state index is 0.0631. The molecule has 0 bridgehead atoms. The van der Waals surface area contributed by atoms with Gasteiger partial charge in [-0.2, -0.15) is 0 Å². The highest BCUT2D eigenvalue weighted by molar-refractivity contribution is 5.71. The number of ether oxygens (including phenoxy) is 3. The van der Waals surface area contributed by atoms with Crippen molar-refractivity contribution in [1.29, 1.82) is 0 Å². The Hall–Kier alpha value is -1.59. The molecule has 0 radical (unpaired) electrons. The van der Waals surface area contributed by atoms with Crippen molar-refractivity contribution >= 4 is 17.9 Å². The Labute approximate surface area is 387 Å². The molecule has 0 aromatic heterocycles. The highest BCUT2D eigenvalue weighted by atomic mass is 16.6. The predicted octanol–water partition coefficient (Wildman–Crippen LogP) is 18.1. The smallest absolute Gasteiger partial charge is 0.306 e. The van der Waals surface area contributed by atoms with Gasteiger partial charge in [0.15, 0.2) is 6.10 Å². The van der Waals surface area contributed by atoms with E-state index in [9.17, 15) is 14.4 Å². The molecule has 0 fully saturated rings. The standard InChI is InChI=1S/C56H108O6/c1-6-8-9-10-11-12-13-21-26-31-36-41-46-54(57)60-49-53(62-56(59)48-43-38-33-28-23-18-19-24-29-34-39-44-51(3)4)50-61-55(58)47-42-37-32-27-22-17-15-14-16-20-25-30-35-40-45-52(5)7-2/h51-53H,6-50H2,1-5H3/t52?,53-/m1/s1. The maximum Gasteiger partial charge on any atom is 0.306 e. The third-order valence-electron chi connectivity index (χ3n) is 13.1. The minimum Gasteiger partial charge on any atom is -0.462 e. The van der Waals surface area contributed by atoms with E-state index in [4.69, 9.17) is 14.2 Å². The fourth-order valence-corrected chi connectivity index (χ4v) is 8.49. The van der Waals surface area contributed by atoms with Crippen LogP contribution in [0.25, 0.3) is 0 Å². The van der Waals surface area contributed by atoms with Crippen LogP contribution in [0.1, 0.15) is 311 Å². The average Bonchev–Trinajstić information content (AvgIpc) is 3.26. The van der Waals surface area contributed by atoms with Crippen LogP contribution in [-0.4, -0.2) is 37.2 Å².